The predicted molar refractivity (Wildman–Crippen MR) is 112 cm³/mol. The van der Waals surface area contributed by atoms with Crippen LogP contribution in [0, 0.1) is 0 Å². The molecule has 0 radical (unpaired) electrons. The molecule has 2 aromatic rings. The summed E-state index contributed by atoms with van der Waals surface area (Å²) < 4.78 is 11.6. The number of thiocarbonyl (C=S) groups is 1. The van der Waals surface area contributed by atoms with Crippen molar-refractivity contribution in [1.29, 1.82) is 0 Å². The van der Waals surface area contributed by atoms with E-state index in [1.807, 2.05) is 36.4 Å². The molecule has 2 heterocycles. The van der Waals surface area contributed by atoms with Gasteiger partial charge in [0.05, 0.1) is 10.2 Å². The molecule has 0 spiro atoms. The van der Waals surface area contributed by atoms with Crippen LogP contribution in [-0.4, -0.2) is 17.8 Å². The number of nitrogens with one attached hydrogen (secondary N) is 1. The molecule has 1 amide bonds. The molecule has 1 fully saturated rings. The van der Waals surface area contributed by atoms with Gasteiger partial charge in [-0.15, -0.1) is 0 Å². The number of ether oxygens (including phenoxy) is 2. The summed E-state index contributed by atoms with van der Waals surface area (Å²) in [7, 11) is 0. The normalized spacial score (nSPS) is 17.2. The third-order valence-corrected chi connectivity index (χ3v) is 5.33. The fraction of sp³-hybridized carbons (Fsp3) is 0.200. The van der Waals surface area contributed by atoms with Gasteiger partial charge in [0.2, 0.25) is 6.79 Å². The molecule has 2 aromatic carbocycles. The third kappa shape index (κ3) is 3.33. The van der Waals surface area contributed by atoms with Crippen LogP contribution >= 0.6 is 28.1 Å². The first kappa shape index (κ1) is 18.0. The molecule has 138 valence electrons. The second-order valence-electron chi connectivity index (χ2n) is 6.61. The summed E-state index contributed by atoms with van der Waals surface area (Å²) in [5.41, 5.74) is 3.18. The van der Waals surface area contributed by atoms with Gasteiger partial charge >= 0.3 is 0 Å². The van der Waals surface area contributed by atoms with Crippen LogP contribution in [0.2, 0.25) is 0 Å². The molecule has 1 saturated heterocycles. The van der Waals surface area contributed by atoms with Crippen LogP contribution in [0.25, 0.3) is 6.08 Å². The van der Waals surface area contributed by atoms with Gasteiger partial charge in [0.15, 0.2) is 16.6 Å². The summed E-state index contributed by atoms with van der Waals surface area (Å²) in [6, 6.07) is 11.6. The number of carbonyl (C=O) groups is 1. The Bertz CT molecular complexity index is 970. The zero-order valence-corrected chi connectivity index (χ0v) is 17.2. The molecule has 4 rings (SSSR count). The van der Waals surface area contributed by atoms with Gasteiger partial charge in [-0.05, 0) is 75.5 Å². The van der Waals surface area contributed by atoms with E-state index in [0.717, 1.165) is 15.7 Å². The zero-order chi connectivity index (χ0) is 19.1. The van der Waals surface area contributed by atoms with Crippen LogP contribution in [0.15, 0.2) is 46.6 Å². The van der Waals surface area contributed by atoms with Gasteiger partial charge in [0, 0.05) is 0 Å². The highest BCUT2D eigenvalue weighted by Gasteiger charge is 2.32. The van der Waals surface area contributed by atoms with Gasteiger partial charge in [0.1, 0.15) is 5.70 Å². The van der Waals surface area contributed by atoms with E-state index in [4.69, 9.17) is 21.7 Å². The molecule has 5 nitrogen and oxygen atoms in total. The molecule has 0 bridgehead atoms. The lowest BCUT2D eigenvalue weighted by molar-refractivity contribution is -0.113. The molecule has 2 aliphatic rings. The highest BCUT2D eigenvalue weighted by atomic mass is 79.9. The number of hydrogen-bond donors (Lipinski definition) is 1. The molecule has 0 unspecified atom stereocenters. The predicted octanol–water partition coefficient (Wildman–Crippen LogP) is 4.56. The van der Waals surface area contributed by atoms with Crippen molar-refractivity contribution in [2.24, 2.45) is 0 Å². The van der Waals surface area contributed by atoms with Crippen molar-refractivity contribution in [3.05, 3.63) is 57.7 Å². The van der Waals surface area contributed by atoms with Crippen molar-refractivity contribution < 1.29 is 14.3 Å². The number of halogens is 1. The number of benzene rings is 2. The summed E-state index contributed by atoms with van der Waals surface area (Å²) >= 11 is 8.85. The Balaban J connectivity index is 1.63. The minimum absolute atomic E-state index is 0.189. The molecule has 0 aromatic heterocycles. The van der Waals surface area contributed by atoms with Crippen molar-refractivity contribution in [2.75, 3.05) is 11.7 Å². The minimum atomic E-state index is -0.189. The van der Waals surface area contributed by atoms with E-state index in [-0.39, 0.29) is 12.7 Å². The maximum atomic E-state index is 12.9. The first-order valence-corrected chi connectivity index (χ1v) is 9.70. The number of nitrogens with zero attached hydrogens (tertiary/aromatic N) is 1. The lowest BCUT2D eigenvalue weighted by Gasteiger charge is -2.15. The number of carbonyl (C=O) groups excluding carboxylic acids is 1. The quantitative estimate of drug-likeness (QED) is 0.555. The molecule has 0 saturated carbocycles. The van der Waals surface area contributed by atoms with Gasteiger partial charge in [-0.1, -0.05) is 26.0 Å². The van der Waals surface area contributed by atoms with Crippen molar-refractivity contribution in [1.82, 2.24) is 5.32 Å². The van der Waals surface area contributed by atoms with Gasteiger partial charge in [0.25, 0.3) is 5.91 Å². The average Bonchev–Trinajstić information content (AvgIpc) is 3.20. The molecule has 1 N–H and O–H groups in total. The molecule has 27 heavy (non-hydrogen) atoms. The van der Waals surface area contributed by atoms with Crippen molar-refractivity contribution in [3.8, 4) is 11.5 Å². The Morgan fingerprint density at radius 2 is 1.96 bits per heavy atom. The highest BCUT2D eigenvalue weighted by Crippen LogP contribution is 2.40. The largest absolute Gasteiger partial charge is 0.454 e. The van der Waals surface area contributed by atoms with Crippen LogP contribution in [0.5, 0.6) is 11.5 Å². The first-order valence-electron chi connectivity index (χ1n) is 8.50. The van der Waals surface area contributed by atoms with Crippen LogP contribution in [-0.2, 0) is 4.79 Å². The van der Waals surface area contributed by atoms with E-state index >= 15 is 0 Å². The fourth-order valence-corrected chi connectivity index (χ4v) is 3.89. The van der Waals surface area contributed by atoms with Gasteiger partial charge < -0.3 is 14.8 Å². The summed E-state index contributed by atoms with van der Waals surface area (Å²) in [6.07, 6.45) is 1.75. The minimum Gasteiger partial charge on any atom is -0.454 e. The van der Waals surface area contributed by atoms with E-state index < -0.39 is 0 Å². The smallest absolute Gasteiger partial charge is 0.281 e. The zero-order valence-electron chi connectivity index (χ0n) is 14.8. The monoisotopic (exact) mass is 444 g/mol. The number of fused-ring (bicyclic) bond motifs is 1. The number of amides is 1. The van der Waals surface area contributed by atoms with Crippen LogP contribution in [0.3, 0.4) is 0 Å². The lowest BCUT2D eigenvalue weighted by atomic mass is 10.0. The molecule has 0 atom stereocenters. The maximum Gasteiger partial charge on any atom is 0.281 e. The number of hydrogen-bond acceptors (Lipinski definition) is 4. The highest BCUT2D eigenvalue weighted by molar-refractivity contribution is 9.10. The molecular weight excluding hydrogens is 428 g/mol. The standard InChI is InChI=1S/C20H17BrN2O3S/c1-11(2)13-3-5-14(6-4-13)23-19(24)16(22-20(23)27)8-12-7-15(21)18-17(9-12)25-10-26-18/h3-9,11H,10H2,1-2H3,(H,22,27)/b16-8+. The summed E-state index contributed by atoms with van der Waals surface area (Å²) in [5.74, 6) is 1.56. The van der Waals surface area contributed by atoms with E-state index in [1.54, 1.807) is 6.08 Å². The molecule has 7 heteroatoms. The van der Waals surface area contributed by atoms with Gasteiger partial charge in [-0.25, -0.2) is 0 Å². The van der Waals surface area contributed by atoms with Crippen LogP contribution in [0.4, 0.5) is 5.69 Å². The van der Waals surface area contributed by atoms with Gasteiger partial charge in [-0.3, -0.25) is 9.69 Å². The molecule has 2 aliphatic heterocycles. The Kier molecular flexibility index (Phi) is 4.65. The summed E-state index contributed by atoms with van der Waals surface area (Å²) in [5, 5.41) is 3.37. The lowest BCUT2D eigenvalue weighted by Crippen LogP contribution is -2.30. The Morgan fingerprint density at radius 1 is 1.22 bits per heavy atom. The Morgan fingerprint density at radius 3 is 2.67 bits per heavy atom. The topological polar surface area (TPSA) is 50.8 Å². The summed E-state index contributed by atoms with van der Waals surface area (Å²) in [6.45, 7) is 4.45. The second kappa shape index (κ2) is 6.98. The van der Waals surface area contributed by atoms with E-state index in [2.05, 4.69) is 35.1 Å². The summed E-state index contributed by atoms with van der Waals surface area (Å²) in [4.78, 5) is 14.4. The van der Waals surface area contributed by atoms with Crippen LogP contribution < -0.4 is 19.7 Å². The first-order chi connectivity index (χ1) is 12.9. The maximum absolute atomic E-state index is 12.9. The fourth-order valence-electron chi connectivity index (χ4n) is 3.02. The second-order valence-corrected chi connectivity index (χ2v) is 7.85. The van der Waals surface area contributed by atoms with Crippen molar-refractivity contribution >= 4 is 50.9 Å². The Labute approximate surface area is 171 Å². The molecular formula is C20H17BrN2O3S. The van der Waals surface area contributed by atoms with Crippen molar-refractivity contribution in [3.63, 3.8) is 0 Å². The van der Waals surface area contributed by atoms with Gasteiger partial charge in [-0.2, -0.15) is 0 Å². The van der Waals surface area contributed by atoms with Crippen LogP contribution in [0.1, 0.15) is 30.9 Å². The number of rotatable bonds is 3. The SMILES string of the molecule is CC(C)c1ccc(N2C(=O)/C(=C\c3cc(Br)c4c(c3)OCO4)NC2=S)cc1. The van der Waals surface area contributed by atoms with Crippen molar-refractivity contribution in [2.45, 2.75) is 19.8 Å². The van der Waals surface area contributed by atoms with E-state index in [1.165, 1.54) is 10.5 Å². The average molecular weight is 445 g/mol. The van der Waals surface area contributed by atoms with E-state index in [0.29, 0.717) is 28.2 Å². The third-order valence-electron chi connectivity index (χ3n) is 4.46. The number of anilines is 1. The van der Waals surface area contributed by atoms with E-state index in [9.17, 15) is 4.79 Å². The molecule has 0 aliphatic carbocycles. The Hall–Kier alpha value is -2.38.